The van der Waals surface area contributed by atoms with Crippen molar-refractivity contribution < 1.29 is 4.79 Å². The number of anilines is 2. The first-order valence-electron chi connectivity index (χ1n) is 5.92. The van der Waals surface area contributed by atoms with Crippen molar-refractivity contribution in [3.05, 3.63) is 45.8 Å². The van der Waals surface area contributed by atoms with Gasteiger partial charge in [0.2, 0.25) is 0 Å². The number of hydrogen-bond acceptors (Lipinski definition) is 4. The van der Waals surface area contributed by atoms with Crippen LogP contribution in [0.2, 0.25) is 5.02 Å². The largest absolute Gasteiger partial charge is 0.369 e. The molecule has 0 aliphatic carbocycles. The zero-order chi connectivity index (χ0) is 14.5. The quantitative estimate of drug-likeness (QED) is 0.880. The Labute approximate surface area is 129 Å². The summed E-state index contributed by atoms with van der Waals surface area (Å²) in [6, 6.07) is 5.21. The molecule has 0 saturated heterocycles. The maximum Gasteiger partial charge on any atom is 0.275 e. The summed E-state index contributed by atoms with van der Waals surface area (Å²) in [5, 5.41) is 6.15. The van der Waals surface area contributed by atoms with Gasteiger partial charge in [0.1, 0.15) is 11.5 Å². The van der Waals surface area contributed by atoms with Crippen molar-refractivity contribution in [3.8, 4) is 0 Å². The lowest BCUT2D eigenvalue weighted by Crippen LogP contribution is -2.14. The minimum atomic E-state index is -0.357. The zero-order valence-corrected chi connectivity index (χ0v) is 13.0. The van der Waals surface area contributed by atoms with E-state index in [9.17, 15) is 4.79 Å². The molecule has 0 radical (unpaired) electrons. The molecule has 7 heteroatoms. The second-order valence-electron chi connectivity index (χ2n) is 3.90. The fourth-order valence-corrected chi connectivity index (χ4v) is 2.22. The Morgan fingerprint density at radius 3 is 2.75 bits per heavy atom. The van der Waals surface area contributed by atoms with Crippen LogP contribution >= 0.6 is 27.5 Å². The molecule has 1 aromatic heterocycles. The van der Waals surface area contributed by atoms with E-state index in [0.29, 0.717) is 16.5 Å². The van der Waals surface area contributed by atoms with E-state index in [1.165, 1.54) is 12.4 Å². The Balaban J connectivity index is 2.11. The predicted molar refractivity (Wildman–Crippen MR) is 83.3 cm³/mol. The number of carbonyl (C=O) groups is 1. The molecule has 1 amide bonds. The average molecular weight is 356 g/mol. The van der Waals surface area contributed by atoms with Crippen molar-refractivity contribution >= 4 is 44.9 Å². The van der Waals surface area contributed by atoms with Gasteiger partial charge in [-0.2, -0.15) is 0 Å². The lowest BCUT2D eigenvalue weighted by Gasteiger charge is -2.07. The van der Waals surface area contributed by atoms with Crippen LogP contribution in [0.15, 0.2) is 35.1 Å². The molecular weight excluding hydrogens is 344 g/mol. The van der Waals surface area contributed by atoms with Gasteiger partial charge >= 0.3 is 0 Å². The van der Waals surface area contributed by atoms with E-state index >= 15 is 0 Å². The Morgan fingerprint density at radius 1 is 1.35 bits per heavy atom. The molecule has 1 heterocycles. The van der Waals surface area contributed by atoms with Crippen LogP contribution < -0.4 is 10.6 Å². The molecule has 2 rings (SSSR count). The van der Waals surface area contributed by atoms with Gasteiger partial charge in [0, 0.05) is 11.0 Å². The van der Waals surface area contributed by atoms with Crippen molar-refractivity contribution in [2.75, 3.05) is 17.2 Å². The van der Waals surface area contributed by atoms with Crippen molar-refractivity contribution in [2.24, 2.45) is 0 Å². The SMILES string of the molecule is CCNc1cnc(C(=O)Nc2ccc(Br)cc2Cl)cn1. The van der Waals surface area contributed by atoms with Crippen LogP contribution in [0.5, 0.6) is 0 Å². The maximum atomic E-state index is 12.0. The van der Waals surface area contributed by atoms with Gasteiger partial charge in [-0.15, -0.1) is 0 Å². The van der Waals surface area contributed by atoms with Gasteiger partial charge in [0.25, 0.3) is 5.91 Å². The van der Waals surface area contributed by atoms with E-state index in [4.69, 9.17) is 11.6 Å². The first-order chi connectivity index (χ1) is 9.60. The lowest BCUT2D eigenvalue weighted by atomic mass is 10.3. The van der Waals surface area contributed by atoms with Gasteiger partial charge in [-0.3, -0.25) is 4.79 Å². The second-order valence-corrected chi connectivity index (χ2v) is 5.22. The highest BCUT2D eigenvalue weighted by Gasteiger charge is 2.10. The van der Waals surface area contributed by atoms with Crippen LogP contribution in [0.3, 0.4) is 0 Å². The number of nitrogens with one attached hydrogen (secondary N) is 2. The normalized spacial score (nSPS) is 10.2. The molecule has 2 aromatic rings. The Bertz CT molecular complexity index is 618. The minimum Gasteiger partial charge on any atom is -0.369 e. The monoisotopic (exact) mass is 354 g/mol. The van der Waals surface area contributed by atoms with Crippen LogP contribution in [0.1, 0.15) is 17.4 Å². The van der Waals surface area contributed by atoms with Gasteiger partial charge in [-0.25, -0.2) is 9.97 Å². The van der Waals surface area contributed by atoms with E-state index in [1.54, 1.807) is 18.2 Å². The highest BCUT2D eigenvalue weighted by molar-refractivity contribution is 9.10. The first-order valence-corrected chi connectivity index (χ1v) is 7.09. The van der Waals surface area contributed by atoms with Gasteiger partial charge in [0.15, 0.2) is 0 Å². The van der Waals surface area contributed by atoms with Crippen molar-refractivity contribution in [1.82, 2.24) is 9.97 Å². The van der Waals surface area contributed by atoms with Gasteiger partial charge in [-0.1, -0.05) is 27.5 Å². The number of benzene rings is 1. The third-order valence-electron chi connectivity index (χ3n) is 2.42. The summed E-state index contributed by atoms with van der Waals surface area (Å²) >= 11 is 9.34. The summed E-state index contributed by atoms with van der Waals surface area (Å²) in [6.07, 6.45) is 2.93. The third-order valence-corrected chi connectivity index (χ3v) is 3.23. The zero-order valence-electron chi connectivity index (χ0n) is 10.7. The molecule has 5 nitrogen and oxygen atoms in total. The van der Waals surface area contributed by atoms with Crippen LogP contribution in [0.25, 0.3) is 0 Å². The van der Waals surface area contributed by atoms with Crippen LogP contribution in [0.4, 0.5) is 11.5 Å². The highest BCUT2D eigenvalue weighted by Crippen LogP contribution is 2.25. The summed E-state index contributed by atoms with van der Waals surface area (Å²) in [7, 11) is 0. The molecule has 0 spiro atoms. The number of amides is 1. The van der Waals surface area contributed by atoms with E-state index in [1.807, 2.05) is 6.92 Å². The molecule has 0 aliphatic rings. The summed E-state index contributed by atoms with van der Waals surface area (Å²) in [4.78, 5) is 20.2. The minimum absolute atomic E-state index is 0.227. The molecule has 0 atom stereocenters. The molecule has 104 valence electrons. The second kappa shape index (κ2) is 6.67. The molecule has 0 unspecified atom stereocenters. The number of halogens is 2. The predicted octanol–water partition coefficient (Wildman–Crippen LogP) is 3.58. The maximum absolute atomic E-state index is 12.0. The summed E-state index contributed by atoms with van der Waals surface area (Å²) in [5.41, 5.74) is 0.753. The average Bonchev–Trinajstić information content (AvgIpc) is 2.43. The lowest BCUT2D eigenvalue weighted by molar-refractivity contribution is 0.102. The van der Waals surface area contributed by atoms with Crippen molar-refractivity contribution in [3.63, 3.8) is 0 Å². The number of hydrogen-bond donors (Lipinski definition) is 2. The smallest absolute Gasteiger partial charge is 0.275 e. The number of carbonyl (C=O) groups excluding carboxylic acids is 1. The molecule has 20 heavy (non-hydrogen) atoms. The number of nitrogens with zero attached hydrogens (tertiary/aromatic N) is 2. The molecule has 0 bridgehead atoms. The summed E-state index contributed by atoms with van der Waals surface area (Å²) in [5.74, 6) is 0.274. The molecular formula is C13H12BrClN4O. The number of rotatable bonds is 4. The third kappa shape index (κ3) is 3.68. The molecule has 2 N–H and O–H groups in total. The Morgan fingerprint density at radius 2 is 2.15 bits per heavy atom. The van der Waals surface area contributed by atoms with Crippen LogP contribution in [0, 0.1) is 0 Å². The molecule has 0 fully saturated rings. The number of aromatic nitrogens is 2. The van der Waals surface area contributed by atoms with Crippen LogP contribution in [-0.2, 0) is 0 Å². The fraction of sp³-hybridized carbons (Fsp3) is 0.154. The van der Waals surface area contributed by atoms with Gasteiger partial charge in [0.05, 0.1) is 23.1 Å². The van der Waals surface area contributed by atoms with E-state index in [2.05, 4.69) is 36.5 Å². The Hall–Kier alpha value is -1.66. The fourth-order valence-electron chi connectivity index (χ4n) is 1.49. The topological polar surface area (TPSA) is 66.9 Å². The van der Waals surface area contributed by atoms with Gasteiger partial charge in [-0.05, 0) is 25.1 Å². The molecule has 1 aromatic carbocycles. The van der Waals surface area contributed by atoms with E-state index < -0.39 is 0 Å². The van der Waals surface area contributed by atoms with Gasteiger partial charge < -0.3 is 10.6 Å². The standard InChI is InChI=1S/C13H12BrClN4O/c1-2-16-12-7-17-11(6-18-12)13(20)19-10-4-3-8(14)5-9(10)15/h3-7H,2H2,1H3,(H,16,18)(H,19,20). The van der Waals surface area contributed by atoms with Crippen molar-refractivity contribution in [1.29, 1.82) is 0 Å². The molecule has 0 aliphatic heterocycles. The first kappa shape index (κ1) is 14.7. The van der Waals surface area contributed by atoms with E-state index in [0.717, 1.165) is 11.0 Å². The summed E-state index contributed by atoms with van der Waals surface area (Å²) in [6.45, 7) is 2.70. The molecule has 0 saturated carbocycles. The van der Waals surface area contributed by atoms with Crippen molar-refractivity contribution in [2.45, 2.75) is 6.92 Å². The summed E-state index contributed by atoms with van der Waals surface area (Å²) < 4.78 is 0.843. The highest BCUT2D eigenvalue weighted by atomic mass is 79.9. The van der Waals surface area contributed by atoms with E-state index in [-0.39, 0.29) is 11.6 Å². The Kier molecular flexibility index (Phi) is 4.92. The van der Waals surface area contributed by atoms with Crippen LogP contribution in [-0.4, -0.2) is 22.4 Å².